The predicted octanol–water partition coefficient (Wildman–Crippen LogP) is 4.33. The molecule has 0 aliphatic rings. The minimum atomic E-state index is -0.946. The van der Waals surface area contributed by atoms with Gasteiger partial charge in [0.1, 0.15) is 0 Å². The van der Waals surface area contributed by atoms with Crippen molar-refractivity contribution in [3.63, 3.8) is 0 Å². The summed E-state index contributed by atoms with van der Waals surface area (Å²) in [5.41, 5.74) is 4.79. The van der Waals surface area contributed by atoms with Gasteiger partial charge in [-0.2, -0.15) is 0 Å². The molecule has 0 aromatic heterocycles. The first kappa shape index (κ1) is 17.5. The highest BCUT2D eigenvalue weighted by atomic mass is 16.4. The lowest BCUT2D eigenvalue weighted by Crippen LogP contribution is -2.30. The van der Waals surface area contributed by atoms with E-state index in [1.165, 1.54) is 0 Å². The van der Waals surface area contributed by atoms with Crippen LogP contribution in [0, 0.1) is 0 Å². The van der Waals surface area contributed by atoms with E-state index in [1.54, 1.807) is 29.3 Å². The molecule has 0 aliphatic heterocycles. The van der Waals surface area contributed by atoms with Crippen LogP contribution in [0.2, 0.25) is 0 Å². The lowest BCUT2D eigenvalue weighted by molar-refractivity contribution is 0.0697. The maximum absolute atomic E-state index is 11.0. The number of aromatic carboxylic acids is 1. The number of para-hydroxylation sites is 1. The summed E-state index contributed by atoms with van der Waals surface area (Å²) < 4.78 is 0. The van der Waals surface area contributed by atoms with Gasteiger partial charge >= 0.3 is 5.97 Å². The van der Waals surface area contributed by atoms with E-state index < -0.39 is 5.97 Å². The molecular weight excluding hydrogens is 324 g/mol. The number of carboxylic acids is 1. The molecule has 4 nitrogen and oxygen atoms in total. The van der Waals surface area contributed by atoms with Gasteiger partial charge in [0.2, 0.25) is 0 Å². The van der Waals surface area contributed by atoms with Crippen LogP contribution in [0.5, 0.6) is 0 Å². The van der Waals surface area contributed by atoms with Crippen molar-refractivity contribution >= 4 is 17.2 Å². The molecule has 3 rings (SSSR count). The minimum absolute atomic E-state index is 0.249. The Kier molecular flexibility index (Phi) is 5.15. The monoisotopic (exact) mass is 344 g/mol. The summed E-state index contributed by atoms with van der Waals surface area (Å²) in [5.74, 6) is 5.38. The van der Waals surface area contributed by atoms with Crippen LogP contribution < -0.4 is 10.9 Å². The van der Waals surface area contributed by atoms with E-state index in [1.807, 2.05) is 54.6 Å². The fraction of sp³-hybridized carbons (Fsp3) is 0.0455. The number of nitrogens with zero attached hydrogens (tertiary/aromatic N) is 1. The van der Waals surface area contributed by atoms with E-state index in [2.05, 4.69) is 6.58 Å². The Hall–Kier alpha value is -3.37. The Labute approximate surface area is 152 Å². The second kappa shape index (κ2) is 7.68. The molecule has 3 aromatic rings. The standard InChI is InChI=1S/C22H20N2O2/c1-16(18-11-13-19(14-12-18)22(25)26)20-9-5-6-10-21(20)24(23)15-17-7-3-2-4-8-17/h2-14H,1,15,23H2,(H,25,26). The number of benzene rings is 3. The van der Waals surface area contributed by atoms with Gasteiger partial charge in [0.25, 0.3) is 0 Å². The van der Waals surface area contributed by atoms with Gasteiger partial charge in [0, 0.05) is 5.56 Å². The van der Waals surface area contributed by atoms with E-state index >= 15 is 0 Å². The van der Waals surface area contributed by atoms with Gasteiger partial charge in [0.05, 0.1) is 17.8 Å². The summed E-state index contributed by atoms with van der Waals surface area (Å²) in [7, 11) is 0. The average molecular weight is 344 g/mol. The summed E-state index contributed by atoms with van der Waals surface area (Å²) in [6, 6.07) is 24.5. The fourth-order valence-corrected chi connectivity index (χ4v) is 2.81. The van der Waals surface area contributed by atoms with Crippen LogP contribution in [-0.2, 0) is 6.54 Å². The number of nitrogens with two attached hydrogens (primary N) is 1. The van der Waals surface area contributed by atoms with E-state index in [9.17, 15) is 4.79 Å². The Bertz CT molecular complexity index is 918. The van der Waals surface area contributed by atoms with Crippen molar-refractivity contribution in [2.24, 2.45) is 5.84 Å². The summed E-state index contributed by atoms with van der Waals surface area (Å²) >= 11 is 0. The van der Waals surface area contributed by atoms with Crippen molar-refractivity contribution in [1.29, 1.82) is 0 Å². The minimum Gasteiger partial charge on any atom is -0.478 e. The highest BCUT2D eigenvalue weighted by molar-refractivity contribution is 5.89. The van der Waals surface area contributed by atoms with Gasteiger partial charge < -0.3 is 10.1 Å². The van der Waals surface area contributed by atoms with E-state index in [0.717, 1.165) is 28.0 Å². The Balaban J connectivity index is 1.88. The first-order valence-electron chi connectivity index (χ1n) is 8.24. The number of hydrazine groups is 1. The molecule has 0 unspecified atom stereocenters. The number of anilines is 1. The molecular formula is C22H20N2O2. The molecule has 4 heteroatoms. The van der Waals surface area contributed by atoms with Gasteiger partial charge in [-0.3, -0.25) is 0 Å². The van der Waals surface area contributed by atoms with Crippen LogP contribution in [-0.4, -0.2) is 11.1 Å². The van der Waals surface area contributed by atoms with Gasteiger partial charge in [0.15, 0.2) is 0 Å². The van der Waals surface area contributed by atoms with Crippen LogP contribution >= 0.6 is 0 Å². The van der Waals surface area contributed by atoms with Crippen molar-refractivity contribution in [3.8, 4) is 0 Å². The molecule has 0 saturated heterocycles. The molecule has 26 heavy (non-hydrogen) atoms. The summed E-state index contributed by atoms with van der Waals surface area (Å²) in [5, 5.41) is 10.7. The second-order valence-electron chi connectivity index (χ2n) is 5.99. The Morgan fingerprint density at radius 3 is 2.12 bits per heavy atom. The smallest absolute Gasteiger partial charge is 0.335 e. The van der Waals surface area contributed by atoms with Crippen molar-refractivity contribution in [1.82, 2.24) is 0 Å². The van der Waals surface area contributed by atoms with Crippen molar-refractivity contribution < 1.29 is 9.90 Å². The van der Waals surface area contributed by atoms with Gasteiger partial charge in [-0.25, -0.2) is 10.6 Å². The number of hydrogen-bond donors (Lipinski definition) is 2. The third kappa shape index (κ3) is 3.82. The molecule has 0 aliphatic carbocycles. The van der Waals surface area contributed by atoms with Gasteiger partial charge in [-0.1, -0.05) is 67.2 Å². The lowest BCUT2D eigenvalue weighted by Gasteiger charge is -2.23. The molecule has 3 aromatic carbocycles. The van der Waals surface area contributed by atoms with Crippen LogP contribution in [0.25, 0.3) is 5.57 Å². The Morgan fingerprint density at radius 1 is 0.885 bits per heavy atom. The van der Waals surface area contributed by atoms with Gasteiger partial charge in [-0.05, 0) is 34.9 Å². The zero-order valence-electron chi connectivity index (χ0n) is 14.3. The number of carboxylic acid groups (broad SMARTS) is 1. The molecule has 0 radical (unpaired) electrons. The molecule has 130 valence electrons. The maximum Gasteiger partial charge on any atom is 0.335 e. The highest BCUT2D eigenvalue weighted by Crippen LogP contribution is 2.30. The summed E-state index contributed by atoms with van der Waals surface area (Å²) in [4.78, 5) is 11.0. The van der Waals surface area contributed by atoms with E-state index in [-0.39, 0.29) is 5.56 Å². The van der Waals surface area contributed by atoms with Crippen molar-refractivity contribution in [2.75, 3.05) is 5.01 Å². The second-order valence-corrected chi connectivity index (χ2v) is 5.99. The topological polar surface area (TPSA) is 66.6 Å². The molecule has 0 atom stereocenters. The van der Waals surface area contributed by atoms with Crippen molar-refractivity contribution in [2.45, 2.75) is 6.54 Å². The molecule has 0 amide bonds. The van der Waals surface area contributed by atoms with E-state index in [0.29, 0.717) is 6.54 Å². The largest absolute Gasteiger partial charge is 0.478 e. The number of carbonyl (C=O) groups is 1. The predicted molar refractivity (Wildman–Crippen MR) is 105 cm³/mol. The normalized spacial score (nSPS) is 10.3. The van der Waals surface area contributed by atoms with Crippen LogP contribution in [0.1, 0.15) is 27.0 Å². The number of hydrogen-bond acceptors (Lipinski definition) is 3. The molecule has 0 heterocycles. The van der Waals surface area contributed by atoms with Crippen LogP contribution in [0.3, 0.4) is 0 Å². The number of rotatable bonds is 6. The average Bonchev–Trinajstić information content (AvgIpc) is 2.68. The molecule has 0 spiro atoms. The third-order valence-corrected chi connectivity index (χ3v) is 4.21. The Morgan fingerprint density at radius 2 is 1.46 bits per heavy atom. The molecule has 0 saturated carbocycles. The zero-order chi connectivity index (χ0) is 18.5. The summed E-state index contributed by atoms with van der Waals surface area (Å²) in [6.45, 7) is 4.76. The van der Waals surface area contributed by atoms with Crippen molar-refractivity contribution in [3.05, 3.63) is 108 Å². The first-order valence-corrected chi connectivity index (χ1v) is 8.24. The van der Waals surface area contributed by atoms with E-state index in [4.69, 9.17) is 10.9 Å². The SMILES string of the molecule is C=C(c1ccc(C(=O)O)cc1)c1ccccc1N(N)Cc1ccccc1. The van der Waals surface area contributed by atoms with Crippen LogP contribution in [0.15, 0.2) is 85.4 Å². The molecule has 0 fully saturated rings. The summed E-state index contributed by atoms with van der Waals surface area (Å²) in [6.07, 6.45) is 0. The third-order valence-electron chi connectivity index (χ3n) is 4.21. The lowest BCUT2D eigenvalue weighted by atomic mass is 9.97. The maximum atomic E-state index is 11.0. The fourth-order valence-electron chi connectivity index (χ4n) is 2.81. The van der Waals surface area contributed by atoms with Crippen LogP contribution in [0.4, 0.5) is 5.69 Å². The quantitative estimate of drug-likeness (QED) is 0.516. The molecule has 3 N–H and O–H groups in total. The first-order chi connectivity index (χ1) is 12.6. The van der Waals surface area contributed by atoms with Gasteiger partial charge in [-0.15, -0.1) is 0 Å². The highest BCUT2D eigenvalue weighted by Gasteiger charge is 2.13. The molecule has 0 bridgehead atoms. The zero-order valence-corrected chi connectivity index (χ0v) is 14.3.